The van der Waals surface area contributed by atoms with E-state index in [1.165, 1.54) is 26.9 Å². The fourth-order valence-corrected chi connectivity index (χ4v) is 6.20. The lowest BCUT2D eigenvalue weighted by Crippen LogP contribution is -2.45. The van der Waals surface area contributed by atoms with Crippen LogP contribution < -0.4 is 0 Å². The Hall–Kier alpha value is -1.27. The maximum absolute atomic E-state index is 13.5. The summed E-state index contributed by atoms with van der Waals surface area (Å²) in [7, 11) is 1.54. The monoisotopic (exact) mass is 477 g/mol. The van der Waals surface area contributed by atoms with Crippen LogP contribution >= 0.6 is 0 Å². The minimum atomic E-state index is -0.833. The summed E-state index contributed by atoms with van der Waals surface area (Å²) in [6.45, 7) is 15.1. The first-order valence-corrected chi connectivity index (χ1v) is 13.4. The molecule has 2 aliphatic heterocycles. The molecule has 6 nitrogen and oxygen atoms in total. The number of Topliss-reactive ketones (excluding diaryl/α,β-unsaturated/α-hetero) is 2. The average molecular weight is 478 g/mol. The van der Waals surface area contributed by atoms with Gasteiger partial charge in [0.15, 0.2) is 11.9 Å². The number of nitrogens with zero attached hydrogens (tertiary/aromatic N) is 1. The second-order valence-corrected chi connectivity index (χ2v) is 12.3. The first kappa shape index (κ1) is 27.3. The van der Waals surface area contributed by atoms with E-state index < -0.39 is 23.6 Å². The van der Waals surface area contributed by atoms with E-state index in [4.69, 9.17) is 9.47 Å². The number of ether oxygens (including phenoxy) is 2. The van der Waals surface area contributed by atoms with Crippen LogP contribution in [0.25, 0.3) is 0 Å². The molecule has 0 spiro atoms. The number of esters is 1. The highest BCUT2D eigenvalue weighted by Crippen LogP contribution is 2.50. The number of carbonyl (C=O) groups excluding carboxylic acids is 3. The molecule has 0 radical (unpaired) electrons. The molecular formula is C28H47NO5. The number of fused-ring (bicyclic) bond motifs is 1. The van der Waals surface area contributed by atoms with E-state index in [0.717, 1.165) is 31.7 Å². The van der Waals surface area contributed by atoms with Crippen molar-refractivity contribution in [2.75, 3.05) is 13.7 Å². The molecule has 3 rings (SSSR count). The van der Waals surface area contributed by atoms with Gasteiger partial charge in [0.25, 0.3) is 0 Å². The van der Waals surface area contributed by atoms with Gasteiger partial charge in [-0.1, -0.05) is 47.5 Å². The van der Waals surface area contributed by atoms with Crippen molar-refractivity contribution in [3.8, 4) is 0 Å². The Morgan fingerprint density at radius 3 is 2.32 bits per heavy atom. The van der Waals surface area contributed by atoms with Crippen LogP contribution in [-0.2, 0) is 23.9 Å². The molecule has 0 aromatic heterocycles. The Balaban J connectivity index is 1.85. The molecule has 8 atom stereocenters. The van der Waals surface area contributed by atoms with Gasteiger partial charge in [-0.05, 0) is 50.9 Å². The summed E-state index contributed by atoms with van der Waals surface area (Å²) < 4.78 is 11.4. The number of methoxy groups -OCH3 is 1. The molecule has 0 bridgehead atoms. The van der Waals surface area contributed by atoms with Crippen molar-refractivity contribution in [1.82, 2.24) is 4.90 Å². The van der Waals surface area contributed by atoms with Crippen molar-refractivity contribution in [2.45, 2.75) is 117 Å². The van der Waals surface area contributed by atoms with Crippen LogP contribution in [0, 0.1) is 29.1 Å². The zero-order chi connectivity index (χ0) is 25.4. The second kappa shape index (κ2) is 10.4. The Morgan fingerprint density at radius 1 is 1.12 bits per heavy atom. The summed E-state index contributed by atoms with van der Waals surface area (Å²) in [5, 5.41) is 0. The molecule has 1 aliphatic carbocycles. The fourth-order valence-electron chi connectivity index (χ4n) is 6.20. The summed E-state index contributed by atoms with van der Waals surface area (Å²) in [5.74, 6) is 0.847. The number of ketones is 2. The molecule has 0 amide bonds. The van der Waals surface area contributed by atoms with Crippen LogP contribution in [0.4, 0.5) is 0 Å². The summed E-state index contributed by atoms with van der Waals surface area (Å²) in [6, 6.07) is 0.269. The van der Waals surface area contributed by atoms with Crippen LogP contribution in [0.2, 0.25) is 0 Å². The molecule has 1 unspecified atom stereocenters. The van der Waals surface area contributed by atoms with Gasteiger partial charge in [-0.2, -0.15) is 0 Å². The molecule has 0 N–H and O–H groups in total. The van der Waals surface area contributed by atoms with Crippen molar-refractivity contribution in [2.24, 2.45) is 29.1 Å². The quantitative estimate of drug-likeness (QED) is 0.427. The summed E-state index contributed by atoms with van der Waals surface area (Å²) in [5.41, 5.74) is -0.776. The Kier molecular flexibility index (Phi) is 8.34. The molecule has 2 saturated heterocycles. The standard InChI is InChI=1S/C28H47NO5/c1-17-10-9-13-28(7)23(29(28)16-21-11-12-21)14-22(20(4)30)34-25(31)15-24(33-8)27(5,6)26(32)19(3)18(17)2/h17-19,21-24H,9-16H2,1-8H3/t17-,18-,19+,22-,23-,24-,28+,29?/m0/s1. The fraction of sp³-hybridized carbons (Fsp3) is 0.893. The minimum Gasteiger partial charge on any atom is -0.454 e. The zero-order valence-electron chi connectivity index (χ0n) is 22.7. The normalized spacial score (nSPS) is 41.9. The lowest BCUT2D eigenvalue weighted by Gasteiger charge is -2.36. The van der Waals surface area contributed by atoms with Crippen LogP contribution in [0.5, 0.6) is 0 Å². The first-order chi connectivity index (χ1) is 15.8. The molecule has 1 saturated carbocycles. The highest BCUT2D eigenvalue weighted by molar-refractivity contribution is 5.88. The molecule has 2 heterocycles. The SMILES string of the molecule is CO[C@H]1CC(=O)O[C@H](C(C)=O)C[C@@H]2N(CC3CC3)[C@]2(C)CCC[C@H](C)[C@H](C)[C@@H](C)C(=O)C1(C)C. The van der Waals surface area contributed by atoms with Crippen LogP contribution in [0.1, 0.15) is 93.4 Å². The van der Waals surface area contributed by atoms with Gasteiger partial charge < -0.3 is 9.47 Å². The van der Waals surface area contributed by atoms with Crippen molar-refractivity contribution in [1.29, 1.82) is 0 Å². The molecule has 194 valence electrons. The maximum atomic E-state index is 13.5. The number of rotatable bonds is 4. The van der Waals surface area contributed by atoms with Gasteiger partial charge in [-0.3, -0.25) is 19.3 Å². The predicted octanol–water partition coefficient (Wildman–Crippen LogP) is 4.82. The van der Waals surface area contributed by atoms with Gasteiger partial charge >= 0.3 is 5.97 Å². The molecule has 0 aromatic carbocycles. The predicted molar refractivity (Wildman–Crippen MR) is 132 cm³/mol. The van der Waals surface area contributed by atoms with E-state index in [1.807, 2.05) is 20.8 Å². The number of carbonyl (C=O) groups is 3. The largest absolute Gasteiger partial charge is 0.454 e. The maximum Gasteiger partial charge on any atom is 0.309 e. The Labute approximate surface area is 206 Å². The second-order valence-electron chi connectivity index (χ2n) is 12.3. The van der Waals surface area contributed by atoms with Crippen molar-refractivity contribution in [3.05, 3.63) is 0 Å². The van der Waals surface area contributed by atoms with Gasteiger partial charge in [0, 0.05) is 37.6 Å². The van der Waals surface area contributed by atoms with Gasteiger partial charge in [-0.25, -0.2) is 0 Å². The minimum absolute atomic E-state index is 0.0383. The summed E-state index contributed by atoms with van der Waals surface area (Å²) in [4.78, 5) is 41.5. The van der Waals surface area contributed by atoms with Crippen molar-refractivity contribution < 1.29 is 23.9 Å². The van der Waals surface area contributed by atoms with Crippen molar-refractivity contribution >= 4 is 17.5 Å². The molecule has 0 aromatic rings. The first-order valence-electron chi connectivity index (χ1n) is 13.4. The molecule has 6 heteroatoms. The van der Waals surface area contributed by atoms with E-state index in [2.05, 4.69) is 25.7 Å². The highest BCUT2D eigenvalue weighted by Gasteiger charge is 2.59. The number of cyclic esters (lactones) is 1. The van der Waals surface area contributed by atoms with Gasteiger partial charge in [0.1, 0.15) is 5.78 Å². The van der Waals surface area contributed by atoms with Crippen LogP contribution in [0.3, 0.4) is 0 Å². The third-order valence-corrected chi connectivity index (χ3v) is 9.52. The average Bonchev–Trinajstić information content (AvgIpc) is 3.68. The van der Waals surface area contributed by atoms with E-state index in [9.17, 15) is 14.4 Å². The smallest absolute Gasteiger partial charge is 0.309 e. The lowest BCUT2D eigenvalue weighted by molar-refractivity contribution is -0.160. The molecule has 3 fully saturated rings. The number of hydrogen-bond acceptors (Lipinski definition) is 6. The number of hydrogen-bond donors (Lipinski definition) is 0. The molecule has 3 aliphatic rings. The van der Waals surface area contributed by atoms with E-state index in [0.29, 0.717) is 12.3 Å². The topological polar surface area (TPSA) is 72.7 Å². The van der Waals surface area contributed by atoms with Gasteiger partial charge in [-0.15, -0.1) is 0 Å². The summed E-state index contributed by atoms with van der Waals surface area (Å²) in [6.07, 6.45) is 4.99. The Bertz CT molecular complexity index is 775. The highest BCUT2D eigenvalue weighted by atomic mass is 16.5. The van der Waals surface area contributed by atoms with Gasteiger partial charge in [0.05, 0.1) is 17.9 Å². The van der Waals surface area contributed by atoms with E-state index >= 15 is 0 Å². The van der Waals surface area contributed by atoms with E-state index in [1.54, 1.807) is 0 Å². The molecular weight excluding hydrogens is 430 g/mol. The Morgan fingerprint density at radius 2 is 1.76 bits per heavy atom. The lowest BCUT2D eigenvalue weighted by atomic mass is 9.70. The third kappa shape index (κ3) is 5.75. The zero-order valence-corrected chi connectivity index (χ0v) is 22.7. The molecule has 34 heavy (non-hydrogen) atoms. The van der Waals surface area contributed by atoms with Gasteiger partial charge in [0.2, 0.25) is 0 Å². The summed E-state index contributed by atoms with van der Waals surface area (Å²) >= 11 is 0. The van der Waals surface area contributed by atoms with Crippen LogP contribution in [0.15, 0.2) is 0 Å². The van der Waals surface area contributed by atoms with Crippen LogP contribution in [-0.4, -0.2) is 59.9 Å². The van der Waals surface area contributed by atoms with Crippen molar-refractivity contribution in [3.63, 3.8) is 0 Å². The van der Waals surface area contributed by atoms with E-state index in [-0.39, 0.29) is 41.4 Å². The third-order valence-electron chi connectivity index (χ3n) is 9.52.